The van der Waals surface area contributed by atoms with Crippen molar-refractivity contribution in [1.29, 1.82) is 0 Å². The highest BCUT2D eigenvalue weighted by Crippen LogP contribution is 2.42. The first-order chi connectivity index (χ1) is 11.0. The number of ether oxygens (including phenoxy) is 1. The highest BCUT2D eigenvalue weighted by atomic mass is 19.4. The Morgan fingerprint density at radius 3 is 1.83 bits per heavy atom. The van der Waals surface area contributed by atoms with Gasteiger partial charge in [0.05, 0.1) is 5.56 Å². The predicted octanol–water partition coefficient (Wildman–Crippen LogP) is 6.21. The summed E-state index contributed by atoms with van der Waals surface area (Å²) in [6.07, 6.45) is -13.4. The minimum atomic E-state index is -5.05. The van der Waals surface area contributed by atoms with Gasteiger partial charge in [-0.3, -0.25) is 0 Å². The summed E-state index contributed by atoms with van der Waals surface area (Å²) in [5.41, 5.74) is -3.45. The van der Waals surface area contributed by atoms with Crippen molar-refractivity contribution in [3.8, 4) is 16.9 Å². The largest absolute Gasteiger partial charge is 0.573 e. The lowest BCUT2D eigenvalue weighted by molar-refractivity contribution is -0.274. The van der Waals surface area contributed by atoms with Gasteiger partial charge in [0, 0.05) is 5.56 Å². The molecule has 0 heterocycles. The van der Waals surface area contributed by atoms with Crippen LogP contribution in [-0.2, 0) is 6.18 Å². The summed E-state index contributed by atoms with van der Waals surface area (Å²) in [4.78, 5) is 0. The fourth-order valence-electron chi connectivity index (χ4n) is 2.15. The Labute approximate surface area is 130 Å². The minimum Gasteiger partial charge on any atom is -0.406 e. The summed E-state index contributed by atoms with van der Waals surface area (Å²) in [5.74, 6) is -0.634. The maximum Gasteiger partial charge on any atom is 0.573 e. The molecule has 0 aliphatic heterocycles. The molecule has 1 nitrogen and oxygen atoms in total. The van der Waals surface area contributed by atoms with Crippen LogP contribution in [0.2, 0.25) is 0 Å². The van der Waals surface area contributed by atoms with Crippen LogP contribution in [0.25, 0.3) is 11.1 Å². The van der Waals surface area contributed by atoms with Crippen molar-refractivity contribution in [2.45, 2.75) is 19.0 Å². The van der Waals surface area contributed by atoms with Crippen LogP contribution in [0.5, 0.6) is 5.75 Å². The van der Waals surface area contributed by atoms with Gasteiger partial charge in [-0.15, -0.1) is 13.2 Å². The van der Waals surface area contributed by atoms with Gasteiger partial charge in [0.15, 0.2) is 0 Å². The minimum absolute atomic E-state index is 0.167. The molecule has 9 heteroatoms. The molecule has 0 aliphatic rings. The van der Waals surface area contributed by atoms with Crippen molar-refractivity contribution in [3.63, 3.8) is 0 Å². The number of hydrogen-bond donors (Lipinski definition) is 0. The standard InChI is InChI=1S/C15H8F8O/c16-13(17)11-3-1-2-10(12(11)14(18,19)20)8-4-6-9(7-5-8)24-15(21,22)23/h1-7,13H. The monoisotopic (exact) mass is 356 g/mol. The Kier molecular flexibility index (Phi) is 4.73. The van der Waals surface area contributed by atoms with Gasteiger partial charge >= 0.3 is 12.5 Å². The lowest BCUT2D eigenvalue weighted by Gasteiger charge is -2.17. The molecule has 0 radical (unpaired) electrons. The van der Waals surface area contributed by atoms with Crippen LogP contribution in [0.1, 0.15) is 17.6 Å². The lowest BCUT2D eigenvalue weighted by atomic mass is 9.95. The molecule has 0 saturated heterocycles. The zero-order valence-corrected chi connectivity index (χ0v) is 11.6. The smallest absolute Gasteiger partial charge is 0.406 e. The normalized spacial score (nSPS) is 12.5. The van der Waals surface area contributed by atoms with Crippen LogP contribution in [0.4, 0.5) is 35.1 Å². The maximum atomic E-state index is 13.1. The molecular formula is C15H8F8O. The predicted molar refractivity (Wildman–Crippen MR) is 68.5 cm³/mol. The molecule has 2 aromatic carbocycles. The highest BCUT2D eigenvalue weighted by molar-refractivity contribution is 5.70. The van der Waals surface area contributed by atoms with E-state index in [-0.39, 0.29) is 5.56 Å². The Hall–Kier alpha value is -2.32. The zero-order valence-electron chi connectivity index (χ0n) is 11.6. The van der Waals surface area contributed by atoms with Gasteiger partial charge in [0.25, 0.3) is 6.43 Å². The van der Waals surface area contributed by atoms with Crippen LogP contribution in [0.3, 0.4) is 0 Å². The van der Waals surface area contributed by atoms with E-state index < -0.39 is 41.4 Å². The Morgan fingerprint density at radius 2 is 1.38 bits per heavy atom. The van der Waals surface area contributed by atoms with Crippen molar-refractivity contribution < 1.29 is 39.9 Å². The number of halogens is 8. The molecule has 0 N–H and O–H groups in total. The summed E-state index contributed by atoms with van der Waals surface area (Å²) >= 11 is 0. The van der Waals surface area contributed by atoms with E-state index in [1.165, 1.54) is 0 Å². The Balaban J connectivity index is 2.51. The average molecular weight is 356 g/mol. The van der Waals surface area contributed by atoms with Crippen molar-refractivity contribution in [3.05, 3.63) is 53.6 Å². The molecule has 0 saturated carbocycles. The maximum absolute atomic E-state index is 13.1. The first-order valence-corrected chi connectivity index (χ1v) is 6.33. The first kappa shape index (κ1) is 18.0. The van der Waals surface area contributed by atoms with Gasteiger partial charge in [-0.2, -0.15) is 13.2 Å². The van der Waals surface area contributed by atoms with Gasteiger partial charge in [0.1, 0.15) is 5.75 Å². The third-order valence-electron chi connectivity index (χ3n) is 3.01. The van der Waals surface area contributed by atoms with E-state index >= 15 is 0 Å². The van der Waals surface area contributed by atoms with E-state index in [2.05, 4.69) is 4.74 Å². The van der Waals surface area contributed by atoms with E-state index in [1.54, 1.807) is 0 Å². The lowest BCUT2D eigenvalue weighted by Crippen LogP contribution is -2.17. The number of alkyl halides is 8. The Bertz CT molecular complexity index is 701. The molecule has 0 fully saturated rings. The summed E-state index contributed by atoms with van der Waals surface area (Å²) in [7, 11) is 0. The molecule has 0 amide bonds. The molecule has 130 valence electrons. The third-order valence-corrected chi connectivity index (χ3v) is 3.01. The molecule has 2 rings (SSSR count). The molecule has 24 heavy (non-hydrogen) atoms. The van der Waals surface area contributed by atoms with Crippen LogP contribution in [0, 0.1) is 0 Å². The van der Waals surface area contributed by atoms with Gasteiger partial charge in [-0.25, -0.2) is 8.78 Å². The average Bonchev–Trinajstić information content (AvgIpc) is 2.44. The number of rotatable bonds is 3. The second-order valence-electron chi connectivity index (χ2n) is 4.64. The molecule has 0 unspecified atom stereocenters. The third kappa shape index (κ3) is 4.15. The van der Waals surface area contributed by atoms with Crippen molar-refractivity contribution >= 4 is 0 Å². The second kappa shape index (κ2) is 6.29. The molecule has 0 atom stereocenters. The van der Waals surface area contributed by atoms with E-state index in [4.69, 9.17) is 0 Å². The van der Waals surface area contributed by atoms with Crippen LogP contribution < -0.4 is 4.74 Å². The van der Waals surface area contributed by atoms with E-state index in [9.17, 15) is 35.1 Å². The highest BCUT2D eigenvalue weighted by Gasteiger charge is 2.38. The van der Waals surface area contributed by atoms with Crippen LogP contribution in [0.15, 0.2) is 42.5 Å². The second-order valence-corrected chi connectivity index (χ2v) is 4.64. The summed E-state index contributed by atoms with van der Waals surface area (Å²) < 4.78 is 105. The fraction of sp³-hybridized carbons (Fsp3) is 0.200. The quantitative estimate of drug-likeness (QED) is 0.594. The van der Waals surface area contributed by atoms with E-state index in [1.807, 2.05) is 0 Å². The van der Waals surface area contributed by atoms with Crippen molar-refractivity contribution in [2.75, 3.05) is 0 Å². The topological polar surface area (TPSA) is 9.23 Å². The van der Waals surface area contributed by atoms with Crippen LogP contribution in [-0.4, -0.2) is 6.36 Å². The summed E-state index contributed by atoms with van der Waals surface area (Å²) in [6.45, 7) is 0. The molecule has 2 aromatic rings. The van der Waals surface area contributed by atoms with Crippen molar-refractivity contribution in [1.82, 2.24) is 0 Å². The van der Waals surface area contributed by atoms with Gasteiger partial charge in [0.2, 0.25) is 0 Å². The SMILES string of the molecule is FC(F)c1cccc(-c2ccc(OC(F)(F)F)cc2)c1C(F)(F)F. The van der Waals surface area contributed by atoms with Gasteiger partial charge in [-0.1, -0.05) is 30.3 Å². The first-order valence-electron chi connectivity index (χ1n) is 6.33. The van der Waals surface area contributed by atoms with Gasteiger partial charge < -0.3 is 4.74 Å². The summed E-state index contributed by atoms with van der Waals surface area (Å²) in [5, 5.41) is 0. The van der Waals surface area contributed by atoms with Crippen molar-refractivity contribution in [2.24, 2.45) is 0 Å². The number of hydrogen-bond acceptors (Lipinski definition) is 1. The molecule has 0 aliphatic carbocycles. The van der Waals surface area contributed by atoms with E-state index in [0.29, 0.717) is 6.07 Å². The Morgan fingerprint density at radius 1 is 0.792 bits per heavy atom. The molecule has 0 bridgehead atoms. The van der Waals surface area contributed by atoms with Crippen LogP contribution >= 0.6 is 0 Å². The molecule has 0 spiro atoms. The molecular weight excluding hydrogens is 348 g/mol. The fourth-order valence-corrected chi connectivity index (χ4v) is 2.15. The molecule has 0 aromatic heterocycles. The zero-order chi connectivity index (χ0) is 18.1. The van der Waals surface area contributed by atoms with Gasteiger partial charge in [-0.05, 0) is 23.3 Å². The number of benzene rings is 2. The van der Waals surface area contributed by atoms with E-state index in [0.717, 1.165) is 36.4 Å². The summed E-state index contributed by atoms with van der Waals surface area (Å²) in [6, 6.07) is 6.11.